The molecule has 1 aliphatic carbocycles. The summed E-state index contributed by atoms with van der Waals surface area (Å²) in [6, 6.07) is 4.30. The third-order valence-corrected chi connectivity index (χ3v) is 4.87. The molecule has 2 rings (SSSR count). The number of hydrogen-bond acceptors (Lipinski definition) is 3. The minimum Gasteiger partial charge on any atom is -0.507 e. The van der Waals surface area contributed by atoms with Crippen LogP contribution in [0.4, 0.5) is 0 Å². The van der Waals surface area contributed by atoms with Gasteiger partial charge in [-0.15, -0.1) is 0 Å². The predicted molar refractivity (Wildman–Crippen MR) is 81.3 cm³/mol. The third-order valence-electron chi connectivity index (χ3n) is 4.04. The molecular weight excluding hydrogens is 322 g/mol. The van der Waals surface area contributed by atoms with Crippen molar-refractivity contribution in [1.82, 2.24) is 5.32 Å². The van der Waals surface area contributed by atoms with Gasteiger partial charge in [0.15, 0.2) is 0 Å². The maximum Gasteiger partial charge on any atom is 0.258 e. The van der Waals surface area contributed by atoms with E-state index in [0.717, 1.165) is 11.8 Å². The Bertz CT molecular complexity index is 458. The van der Waals surface area contributed by atoms with E-state index in [2.05, 4.69) is 21.2 Å². The second kappa shape index (κ2) is 6.97. The number of carbonyl (C=O) groups excluding carboxylic acids is 1. The van der Waals surface area contributed by atoms with Crippen LogP contribution in [0, 0.1) is 11.8 Å². The molecule has 0 aromatic heterocycles. The molecule has 1 saturated carbocycles. The number of nitrogens with one attached hydrogen (secondary N) is 1. The van der Waals surface area contributed by atoms with E-state index in [-0.39, 0.29) is 17.1 Å². The van der Waals surface area contributed by atoms with E-state index in [1.807, 2.05) is 0 Å². The molecule has 1 aromatic carbocycles. The highest BCUT2D eigenvalue weighted by Gasteiger charge is 2.25. The van der Waals surface area contributed by atoms with E-state index in [9.17, 15) is 15.0 Å². The van der Waals surface area contributed by atoms with Gasteiger partial charge in [-0.25, -0.2) is 0 Å². The maximum absolute atomic E-state index is 12.1. The third kappa shape index (κ3) is 3.45. The number of phenolic OH excluding ortho intramolecular Hbond substituents is 2. The summed E-state index contributed by atoms with van der Waals surface area (Å²) in [4.78, 5) is 12.1. The van der Waals surface area contributed by atoms with Crippen LogP contribution in [0.1, 0.15) is 36.0 Å². The molecule has 5 heteroatoms. The van der Waals surface area contributed by atoms with E-state index in [4.69, 9.17) is 0 Å². The molecule has 1 aliphatic rings. The highest BCUT2D eigenvalue weighted by atomic mass is 79.9. The Kier molecular flexibility index (Phi) is 5.29. The first-order valence-corrected chi connectivity index (χ1v) is 8.10. The van der Waals surface area contributed by atoms with Gasteiger partial charge in [0.25, 0.3) is 5.91 Å². The Balaban J connectivity index is 1.98. The molecule has 3 N–H and O–H groups in total. The highest BCUT2D eigenvalue weighted by molar-refractivity contribution is 9.09. The molecule has 0 heterocycles. The molecule has 0 bridgehead atoms. The van der Waals surface area contributed by atoms with Crippen LogP contribution >= 0.6 is 15.9 Å². The zero-order valence-electron chi connectivity index (χ0n) is 11.3. The zero-order chi connectivity index (χ0) is 14.5. The van der Waals surface area contributed by atoms with Crippen molar-refractivity contribution in [2.75, 3.05) is 11.9 Å². The van der Waals surface area contributed by atoms with Gasteiger partial charge in [0, 0.05) is 11.9 Å². The normalized spacial score (nSPS) is 22.4. The van der Waals surface area contributed by atoms with Crippen LogP contribution in [0.15, 0.2) is 18.2 Å². The van der Waals surface area contributed by atoms with Gasteiger partial charge in [0.2, 0.25) is 0 Å². The van der Waals surface area contributed by atoms with Gasteiger partial charge in [0.1, 0.15) is 17.1 Å². The first kappa shape index (κ1) is 15.2. The van der Waals surface area contributed by atoms with Crippen LogP contribution < -0.4 is 5.32 Å². The zero-order valence-corrected chi connectivity index (χ0v) is 12.9. The number of benzene rings is 1. The summed E-state index contributed by atoms with van der Waals surface area (Å²) in [7, 11) is 0. The minimum absolute atomic E-state index is 0.0429. The van der Waals surface area contributed by atoms with Crippen LogP contribution in [0.3, 0.4) is 0 Å². The van der Waals surface area contributed by atoms with E-state index < -0.39 is 5.91 Å². The number of aromatic hydroxyl groups is 2. The number of alkyl halides is 1. The Hall–Kier alpha value is -1.23. The fourth-order valence-corrected chi connectivity index (χ4v) is 3.68. The smallest absolute Gasteiger partial charge is 0.258 e. The fourth-order valence-electron chi connectivity index (χ4n) is 2.83. The molecule has 1 amide bonds. The number of halogens is 1. The molecule has 20 heavy (non-hydrogen) atoms. The number of carbonyl (C=O) groups is 1. The first-order valence-electron chi connectivity index (χ1n) is 6.98. The number of rotatable bonds is 4. The second-order valence-corrected chi connectivity index (χ2v) is 5.99. The predicted octanol–water partition coefficient (Wildman–Crippen LogP) is 3.03. The molecule has 0 radical (unpaired) electrons. The van der Waals surface area contributed by atoms with Crippen LogP contribution in [0.5, 0.6) is 11.5 Å². The molecule has 1 fully saturated rings. The summed E-state index contributed by atoms with van der Waals surface area (Å²) in [6.07, 6.45) is 4.75. The molecular formula is C15H20BrNO3. The lowest BCUT2D eigenvalue weighted by Crippen LogP contribution is -2.34. The summed E-state index contributed by atoms with van der Waals surface area (Å²) in [6.45, 7) is 0.586. The Morgan fingerprint density at radius 1 is 1.20 bits per heavy atom. The Morgan fingerprint density at radius 2 is 1.80 bits per heavy atom. The van der Waals surface area contributed by atoms with Gasteiger partial charge in [-0.3, -0.25) is 4.79 Å². The summed E-state index contributed by atoms with van der Waals surface area (Å²) >= 11 is 3.53. The molecule has 110 valence electrons. The molecule has 1 aromatic rings. The van der Waals surface area contributed by atoms with E-state index >= 15 is 0 Å². The van der Waals surface area contributed by atoms with Crippen molar-refractivity contribution in [3.05, 3.63) is 23.8 Å². The van der Waals surface area contributed by atoms with Gasteiger partial charge in [-0.2, -0.15) is 0 Å². The second-order valence-electron chi connectivity index (χ2n) is 5.34. The number of phenols is 2. The summed E-state index contributed by atoms with van der Waals surface area (Å²) in [5, 5.41) is 23.1. The van der Waals surface area contributed by atoms with Gasteiger partial charge in [-0.05, 0) is 36.8 Å². The SMILES string of the molecule is O=C(NCC1CCCCC1CBr)c1c(O)cccc1O. The molecule has 2 atom stereocenters. The average Bonchev–Trinajstić information content (AvgIpc) is 2.45. The molecule has 4 nitrogen and oxygen atoms in total. The lowest BCUT2D eigenvalue weighted by atomic mass is 9.80. The Morgan fingerprint density at radius 3 is 2.40 bits per heavy atom. The Labute approximate surface area is 127 Å². The van der Waals surface area contributed by atoms with Gasteiger partial charge in [0.05, 0.1) is 0 Å². The van der Waals surface area contributed by atoms with Crippen molar-refractivity contribution < 1.29 is 15.0 Å². The fraction of sp³-hybridized carbons (Fsp3) is 0.533. The molecule has 0 aliphatic heterocycles. The van der Waals surface area contributed by atoms with Crippen LogP contribution in [0.25, 0.3) is 0 Å². The van der Waals surface area contributed by atoms with E-state index in [1.165, 1.54) is 37.5 Å². The maximum atomic E-state index is 12.1. The number of hydrogen-bond donors (Lipinski definition) is 3. The quantitative estimate of drug-likeness (QED) is 0.737. The van der Waals surface area contributed by atoms with Gasteiger partial charge < -0.3 is 15.5 Å². The minimum atomic E-state index is -0.417. The standard InChI is InChI=1S/C15H20BrNO3/c16-8-10-4-1-2-5-11(10)9-17-15(20)14-12(18)6-3-7-13(14)19/h3,6-7,10-11,18-19H,1-2,4-5,8-9H2,(H,17,20). The van der Waals surface area contributed by atoms with Gasteiger partial charge >= 0.3 is 0 Å². The molecule has 0 saturated heterocycles. The van der Waals surface area contributed by atoms with Crippen molar-refractivity contribution in [1.29, 1.82) is 0 Å². The topological polar surface area (TPSA) is 69.6 Å². The van der Waals surface area contributed by atoms with Crippen molar-refractivity contribution in [2.45, 2.75) is 25.7 Å². The molecule has 0 spiro atoms. The van der Waals surface area contributed by atoms with Crippen LogP contribution in [0.2, 0.25) is 0 Å². The summed E-state index contributed by atoms with van der Waals surface area (Å²) < 4.78 is 0. The largest absolute Gasteiger partial charge is 0.507 e. The van der Waals surface area contributed by atoms with Crippen LogP contribution in [-0.4, -0.2) is 28.0 Å². The molecule has 2 unspecified atom stereocenters. The van der Waals surface area contributed by atoms with Crippen molar-refractivity contribution >= 4 is 21.8 Å². The van der Waals surface area contributed by atoms with Crippen molar-refractivity contribution in [2.24, 2.45) is 11.8 Å². The van der Waals surface area contributed by atoms with E-state index in [1.54, 1.807) is 0 Å². The monoisotopic (exact) mass is 341 g/mol. The van der Waals surface area contributed by atoms with E-state index in [0.29, 0.717) is 18.4 Å². The van der Waals surface area contributed by atoms with Crippen molar-refractivity contribution in [3.8, 4) is 11.5 Å². The highest BCUT2D eigenvalue weighted by Crippen LogP contribution is 2.31. The van der Waals surface area contributed by atoms with Crippen molar-refractivity contribution in [3.63, 3.8) is 0 Å². The summed E-state index contributed by atoms with van der Waals surface area (Å²) in [5.74, 6) is 0.243. The van der Waals surface area contributed by atoms with Crippen LogP contribution in [-0.2, 0) is 0 Å². The number of amides is 1. The lowest BCUT2D eigenvalue weighted by Gasteiger charge is -2.30. The first-order chi connectivity index (χ1) is 9.63. The van der Waals surface area contributed by atoms with Gasteiger partial charge in [-0.1, -0.05) is 34.8 Å². The summed E-state index contributed by atoms with van der Waals surface area (Å²) in [5.41, 5.74) is -0.0429. The lowest BCUT2D eigenvalue weighted by molar-refractivity contribution is 0.0931. The average molecular weight is 342 g/mol.